The second kappa shape index (κ2) is 9.73. The quantitative estimate of drug-likeness (QED) is 0.668. The number of methoxy groups -OCH3 is 2. The number of carbonyl (C=O) groups excluding carboxylic acids is 2. The Morgan fingerprint density at radius 3 is 2.27 bits per heavy atom. The average Bonchev–Trinajstić information content (AvgIpc) is 2.79. The van der Waals surface area contributed by atoms with E-state index in [4.69, 9.17) is 23.7 Å². The smallest absolute Gasteiger partial charge is 0.269 e. The van der Waals surface area contributed by atoms with Gasteiger partial charge in [0.15, 0.2) is 23.0 Å². The molecule has 0 bridgehead atoms. The van der Waals surface area contributed by atoms with Crippen LogP contribution in [-0.2, 0) is 0 Å². The highest BCUT2D eigenvalue weighted by Crippen LogP contribution is 2.40. The van der Waals surface area contributed by atoms with E-state index < -0.39 is 11.8 Å². The third-order valence-corrected chi connectivity index (χ3v) is 4.27. The zero-order chi connectivity index (χ0) is 21.5. The Bertz CT molecular complexity index is 913. The van der Waals surface area contributed by atoms with E-state index in [9.17, 15) is 9.59 Å². The van der Waals surface area contributed by atoms with Gasteiger partial charge in [-0.15, -0.1) is 0 Å². The van der Waals surface area contributed by atoms with Crippen LogP contribution in [0.3, 0.4) is 0 Å². The van der Waals surface area contributed by atoms with Crippen molar-refractivity contribution in [3.8, 4) is 28.7 Å². The summed E-state index contributed by atoms with van der Waals surface area (Å²) in [6.45, 7) is 3.31. The molecule has 0 saturated heterocycles. The van der Waals surface area contributed by atoms with E-state index in [2.05, 4.69) is 10.9 Å². The molecule has 2 aromatic rings. The van der Waals surface area contributed by atoms with Crippen molar-refractivity contribution in [2.75, 3.05) is 34.0 Å². The molecule has 0 saturated carbocycles. The summed E-state index contributed by atoms with van der Waals surface area (Å²) < 4.78 is 27.2. The molecule has 9 heteroatoms. The van der Waals surface area contributed by atoms with Crippen molar-refractivity contribution in [3.63, 3.8) is 0 Å². The maximum atomic E-state index is 12.5. The summed E-state index contributed by atoms with van der Waals surface area (Å²) in [4.78, 5) is 24.9. The number of amides is 2. The molecule has 1 aliphatic rings. The Kier molecular flexibility index (Phi) is 6.84. The van der Waals surface area contributed by atoms with Crippen molar-refractivity contribution in [2.24, 2.45) is 0 Å². The van der Waals surface area contributed by atoms with E-state index >= 15 is 0 Å². The number of hydrazine groups is 1. The molecule has 0 spiro atoms. The first-order chi connectivity index (χ1) is 14.6. The third kappa shape index (κ3) is 4.68. The van der Waals surface area contributed by atoms with Gasteiger partial charge in [0, 0.05) is 11.1 Å². The predicted molar refractivity (Wildman–Crippen MR) is 108 cm³/mol. The molecule has 3 rings (SSSR count). The fourth-order valence-corrected chi connectivity index (χ4v) is 2.80. The molecule has 2 aromatic carbocycles. The minimum atomic E-state index is -0.534. The first kappa shape index (κ1) is 21.1. The van der Waals surface area contributed by atoms with Gasteiger partial charge in [-0.25, -0.2) is 0 Å². The third-order valence-electron chi connectivity index (χ3n) is 4.27. The van der Waals surface area contributed by atoms with Gasteiger partial charge >= 0.3 is 0 Å². The highest BCUT2D eigenvalue weighted by molar-refractivity contribution is 6.00. The summed E-state index contributed by atoms with van der Waals surface area (Å²) in [7, 11) is 2.96. The Hall–Kier alpha value is -3.62. The lowest BCUT2D eigenvalue weighted by molar-refractivity contribution is 0.0845. The summed E-state index contributed by atoms with van der Waals surface area (Å²) >= 11 is 0. The van der Waals surface area contributed by atoms with E-state index in [0.29, 0.717) is 54.1 Å². The maximum Gasteiger partial charge on any atom is 0.269 e. The minimum Gasteiger partial charge on any atom is -0.493 e. The number of ether oxygens (including phenoxy) is 5. The first-order valence-corrected chi connectivity index (χ1v) is 9.46. The van der Waals surface area contributed by atoms with E-state index in [1.54, 1.807) is 18.2 Å². The van der Waals surface area contributed by atoms with Crippen LogP contribution in [0.25, 0.3) is 0 Å². The largest absolute Gasteiger partial charge is 0.493 e. The van der Waals surface area contributed by atoms with Crippen molar-refractivity contribution < 1.29 is 33.3 Å². The Balaban J connectivity index is 1.68. The monoisotopic (exact) mass is 416 g/mol. The van der Waals surface area contributed by atoms with Gasteiger partial charge < -0.3 is 23.7 Å². The van der Waals surface area contributed by atoms with Gasteiger partial charge in [-0.1, -0.05) is 6.92 Å². The predicted octanol–water partition coefficient (Wildman–Crippen LogP) is 2.34. The lowest BCUT2D eigenvalue weighted by Crippen LogP contribution is -2.41. The number of benzene rings is 2. The van der Waals surface area contributed by atoms with Crippen molar-refractivity contribution in [1.29, 1.82) is 0 Å². The van der Waals surface area contributed by atoms with Crippen molar-refractivity contribution >= 4 is 11.8 Å². The molecule has 160 valence electrons. The molecule has 2 N–H and O–H groups in total. The van der Waals surface area contributed by atoms with Crippen LogP contribution in [0.5, 0.6) is 28.7 Å². The van der Waals surface area contributed by atoms with Crippen LogP contribution in [0.2, 0.25) is 0 Å². The Labute approximate surface area is 174 Å². The standard InChI is InChI=1S/C21H24N2O7/c1-4-7-28-15-6-5-13(10-16(15)26-2)20(24)22-23-21(25)14-11-17(27-3)19-18(12-14)29-8-9-30-19/h5-6,10-12H,4,7-9H2,1-3H3,(H,22,24)(H,23,25). The van der Waals surface area contributed by atoms with Crippen LogP contribution >= 0.6 is 0 Å². The second-order valence-corrected chi connectivity index (χ2v) is 6.33. The fraction of sp³-hybridized carbons (Fsp3) is 0.333. The number of fused-ring (bicyclic) bond motifs is 1. The van der Waals surface area contributed by atoms with Crippen molar-refractivity contribution in [3.05, 3.63) is 41.5 Å². The minimum absolute atomic E-state index is 0.247. The molecule has 1 heterocycles. The van der Waals surface area contributed by atoms with Gasteiger partial charge in [0.25, 0.3) is 11.8 Å². The highest BCUT2D eigenvalue weighted by atomic mass is 16.6. The van der Waals surface area contributed by atoms with Gasteiger partial charge in [0.1, 0.15) is 13.2 Å². The number of hydrogen-bond donors (Lipinski definition) is 2. The van der Waals surface area contributed by atoms with Crippen LogP contribution in [0.1, 0.15) is 34.1 Å². The Morgan fingerprint density at radius 1 is 0.900 bits per heavy atom. The van der Waals surface area contributed by atoms with E-state index in [-0.39, 0.29) is 5.56 Å². The van der Waals surface area contributed by atoms with E-state index in [1.807, 2.05) is 6.92 Å². The zero-order valence-corrected chi connectivity index (χ0v) is 17.1. The van der Waals surface area contributed by atoms with Crippen molar-refractivity contribution in [1.82, 2.24) is 10.9 Å². The lowest BCUT2D eigenvalue weighted by atomic mass is 10.1. The molecule has 0 aromatic heterocycles. The summed E-state index contributed by atoms with van der Waals surface area (Å²) in [6, 6.07) is 7.82. The number of rotatable bonds is 7. The van der Waals surface area contributed by atoms with Crippen LogP contribution < -0.4 is 34.5 Å². The molecule has 2 amide bonds. The number of nitrogens with one attached hydrogen (secondary N) is 2. The van der Waals surface area contributed by atoms with E-state index in [1.165, 1.54) is 26.4 Å². The second-order valence-electron chi connectivity index (χ2n) is 6.33. The topological polar surface area (TPSA) is 104 Å². The highest BCUT2D eigenvalue weighted by Gasteiger charge is 2.21. The summed E-state index contributed by atoms with van der Waals surface area (Å²) in [5, 5.41) is 0. The molecular weight excluding hydrogens is 392 g/mol. The zero-order valence-electron chi connectivity index (χ0n) is 17.1. The van der Waals surface area contributed by atoms with Gasteiger partial charge in [-0.2, -0.15) is 0 Å². The van der Waals surface area contributed by atoms with Gasteiger partial charge in [-0.05, 0) is 36.8 Å². The van der Waals surface area contributed by atoms with E-state index in [0.717, 1.165) is 6.42 Å². The Morgan fingerprint density at radius 2 is 1.57 bits per heavy atom. The van der Waals surface area contributed by atoms with Crippen LogP contribution in [0.4, 0.5) is 0 Å². The first-order valence-electron chi connectivity index (χ1n) is 9.46. The average molecular weight is 416 g/mol. The molecule has 0 unspecified atom stereocenters. The van der Waals surface area contributed by atoms with Crippen LogP contribution in [0.15, 0.2) is 30.3 Å². The molecule has 0 aliphatic carbocycles. The molecule has 1 aliphatic heterocycles. The van der Waals surface area contributed by atoms with Crippen molar-refractivity contribution in [2.45, 2.75) is 13.3 Å². The SMILES string of the molecule is CCCOc1ccc(C(=O)NNC(=O)c2cc(OC)c3c(c2)OCCO3)cc1OC. The van der Waals surface area contributed by atoms with Crippen LogP contribution in [-0.4, -0.2) is 45.9 Å². The van der Waals surface area contributed by atoms with Crippen LogP contribution in [0, 0.1) is 0 Å². The van der Waals surface area contributed by atoms with Gasteiger partial charge in [0.2, 0.25) is 5.75 Å². The summed E-state index contributed by atoms with van der Waals surface area (Å²) in [5.41, 5.74) is 5.31. The summed E-state index contributed by atoms with van der Waals surface area (Å²) in [6.07, 6.45) is 0.849. The fourth-order valence-electron chi connectivity index (χ4n) is 2.80. The van der Waals surface area contributed by atoms with Gasteiger partial charge in [0.05, 0.1) is 20.8 Å². The number of carbonyl (C=O) groups is 2. The maximum absolute atomic E-state index is 12.5. The lowest BCUT2D eigenvalue weighted by Gasteiger charge is -2.21. The normalized spacial score (nSPS) is 12.0. The molecule has 0 fully saturated rings. The molecule has 0 atom stereocenters. The number of hydrogen-bond acceptors (Lipinski definition) is 7. The summed E-state index contributed by atoms with van der Waals surface area (Å²) in [5.74, 6) is 1.16. The van der Waals surface area contributed by atoms with Gasteiger partial charge in [-0.3, -0.25) is 20.4 Å². The molecule has 30 heavy (non-hydrogen) atoms. The molecule has 9 nitrogen and oxygen atoms in total. The molecular formula is C21H24N2O7. The molecule has 0 radical (unpaired) electrons.